The second-order valence-electron chi connectivity index (χ2n) is 5.35. The van der Waals surface area contributed by atoms with Gasteiger partial charge in [0.15, 0.2) is 0 Å². The topological polar surface area (TPSA) is 15.3 Å². The lowest BCUT2D eigenvalue weighted by Gasteiger charge is -2.27. The molecule has 0 amide bonds. The van der Waals surface area contributed by atoms with Gasteiger partial charge in [0.05, 0.1) is 0 Å². The van der Waals surface area contributed by atoms with Crippen molar-refractivity contribution in [3.8, 4) is 0 Å². The van der Waals surface area contributed by atoms with Crippen LogP contribution in [0.4, 0.5) is 15.8 Å². The molecule has 0 saturated heterocycles. The minimum Gasteiger partial charge on any atom is -0.381 e. The van der Waals surface area contributed by atoms with Gasteiger partial charge < -0.3 is 10.2 Å². The first-order valence-corrected chi connectivity index (χ1v) is 7.05. The molecule has 0 aliphatic carbocycles. The summed E-state index contributed by atoms with van der Waals surface area (Å²) in [6.07, 6.45) is 2.36. The van der Waals surface area contributed by atoms with E-state index in [4.69, 9.17) is 0 Å². The van der Waals surface area contributed by atoms with Crippen LogP contribution in [-0.2, 0) is 13.0 Å². The highest BCUT2D eigenvalue weighted by molar-refractivity contribution is 5.56. The Labute approximate surface area is 119 Å². The van der Waals surface area contributed by atoms with Gasteiger partial charge >= 0.3 is 0 Å². The van der Waals surface area contributed by atoms with Crippen molar-refractivity contribution in [1.82, 2.24) is 0 Å². The zero-order valence-corrected chi connectivity index (χ0v) is 11.7. The fourth-order valence-electron chi connectivity index (χ4n) is 2.75. The van der Waals surface area contributed by atoms with E-state index in [0.717, 1.165) is 25.2 Å². The Morgan fingerprint density at radius 3 is 2.95 bits per heavy atom. The third kappa shape index (κ3) is 2.77. The van der Waals surface area contributed by atoms with Crippen LogP contribution in [0, 0.1) is 5.82 Å². The molecule has 0 saturated carbocycles. The molecule has 2 aromatic rings. The van der Waals surface area contributed by atoms with Crippen LogP contribution in [0.2, 0.25) is 0 Å². The molecule has 0 fully saturated rings. The summed E-state index contributed by atoms with van der Waals surface area (Å²) in [5, 5.41) is 3.27. The molecule has 1 N–H and O–H groups in total. The van der Waals surface area contributed by atoms with Crippen molar-refractivity contribution >= 4 is 11.4 Å². The van der Waals surface area contributed by atoms with Crippen LogP contribution >= 0.6 is 0 Å². The SMILES string of the molecule is CN1CCCc2cc(CNc3cccc(F)c3)ccc21. The third-order valence-electron chi connectivity index (χ3n) is 3.82. The van der Waals surface area contributed by atoms with Crippen molar-refractivity contribution in [3.05, 3.63) is 59.4 Å². The van der Waals surface area contributed by atoms with E-state index < -0.39 is 0 Å². The number of benzene rings is 2. The molecule has 0 unspecified atom stereocenters. The highest BCUT2D eigenvalue weighted by Crippen LogP contribution is 2.27. The summed E-state index contributed by atoms with van der Waals surface area (Å²) in [6.45, 7) is 1.86. The Kier molecular flexibility index (Phi) is 3.59. The minimum atomic E-state index is -0.206. The van der Waals surface area contributed by atoms with Crippen LogP contribution < -0.4 is 10.2 Å². The van der Waals surface area contributed by atoms with Crippen molar-refractivity contribution in [3.63, 3.8) is 0 Å². The molecule has 0 aromatic heterocycles. The summed E-state index contributed by atoms with van der Waals surface area (Å²) < 4.78 is 13.1. The first-order valence-electron chi connectivity index (χ1n) is 7.05. The smallest absolute Gasteiger partial charge is 0.125 e. The van der Waals surface area contributed by atoms with Crippen LogP contribution in [0.25, 0.3) is 0 Å². The van der Waals surface area contributed by atoms with Crippen LogP contribution in [0.1, 0.15) is 17.5 Å². The van der Waals surface area contributed by atoms with Gasteiger partial charge in [-0.25, -0.2) is 4.39 Å². The number of nitrogens with one attached hydrogen (secondary N) is 1. The van der Waals surface area contributed by atoms with Crippen molar-refractivity contribution in [2.24, 2.45) is 0 Å². The molecule has 20 heavy (non-hydrogen) atoms. The van der Waals surface area contributed by atoms with Gasteiger partial charge in [0.1, 0.15) is 5.82 Å². The van der Waals surface area contributed by atoms with Gasteiger partial charge in [-0.05, 0) is 48.2 Å². The van der Waals surface area contributed by atoms with E-state index in [1.165, 1.54) is 35.4 Å². The van der Waals surface area contributed by atoms with Gasteiger partial charge in [0, 0.05) is 31.5 Å². The minimum absolute atomic E-state index is 0.206. The molecule has 0 radical (unpaired) electrons. The van der Waals surface area contributed by atoms with Gasteiger partial charge in [-0.2, -0.15) is 0 Å². The first-order chi connectivity index (χ1) is 9.72. The summed E-state index contributed by atoms with van der Waals surface area (Å²) in [5.41, 5.74) is 4.81. The lowest BCUT2D eigenvalue weighted by Crippen LogP contribution is -2.24. The van der Waals surface area contributed by atoms with Gasteiger partial charge in [0.25, 0.3) is 0 Å². The zero-order chi connectivity index (χ0) is 13.9. The number of nitrogens with zero attached hydrogens (tertiary/aromatic N) is 1. The molecular weight excluding hydrogens is 251 g/mol. The Hall–Kier alpha value is -2.03. The number of halogens is 1. The van der Waals surface area contributed by atoms with Crippen molar-refractivity contribution in [2.75, 3.05) is 23.8 Å². The molecule has 0 atom stereocenters. The van der Waals surface area contributed by atoms with E-state index in [0.29, 0.717) is 0 Å². The number of fused-ring (bicyclic) bond motifs is 1. The van der Waals surface area contributed by atoms with Crippen LogP contribution in [0.5, 0.6) is 0 Å². The summed E-state index contributed by atoms with van der Waals surface area (Å²) in [6, 6.07) is 13.2. The summed E-state index contributed by atoms with van der Waals surface area (Å²) in [7, 11) is 2.14. The molecule has 3 heteroatoms. The third-order valence-corrected chi connectivity index (χ3v) is 3.82. The molecule has 0 spiro atoms. The number of hydrogen-bond acceptors (Lipinski definition) is 2. The fourth-order valence-corrected chi connectivity index (χ4v) is 2.75. The maximum absolute atomic E-state index is 13.1. The van der Waals surface area contributed by atoms with Crippen LogP contribution in [0.15, 0.2) is 42.5 Å². The molecule has 3 rings (SSSR count). The van der Waals surface area contributed by atoms with Crippen molar-refractivity contribution < 1.29 is 4.39 Å². The van der Waals surface area contributed by atoms with Gasteiger partial charge in [-0.15, -0.1) is 0 Å². The van der Waals surface area contributed by atoms with Gasteiger partial charge in [-0.3, -0.25) is 0 Å². The quantitative estimate of drug-likeness (QED) is 0.912. The van der Waals surface area contributed by atoms with Crippen molar-refractivity contribution in [1.29, 1.82) is 0 Å². The molecule has 2 aromatic carbocycles. The van der Waals surface area contributed by atoms with Gasteiger partial charge in [0.2, 0.25) is 0 Å². The summed E-state index contributed by atoms with van der Waals surface area (Å²) in [4.78, 5) is 2.31. The number of aryl methyl sites for hydroxylation is 1. The van der Waals surface area contributed by atoms with E-state index in [9.17, 15) is 4.39 Å². The molecule has 1 heterocycles. The fraction of sp³-hybridized carbons (Fsp3) is 0.294. The van der Waals surface area contributed by atoms with Crippen LogP contribution in [0.3, 0.4) is 0 Å². The standard InChI is InChI=1S/C17H19FN2/c1-20-9-3-4-14-10-13(7-8-17(14)20)12-19-16-6-2-5-15(18)11-16/h2,5-8,10-11,19H,3-4,9,12H2,1H3. The van der Waals surface area contributed by atoms with Gasteiger partial charge in [-0.1, -0.05) is 18.2 Å². The summed E-state index contributed by atoms with van der Waals surface area (Å²) >= 11 is 0. The molecule has 1 aliphatic heterocycles. The molecule has 104 valence electrons. The Morgan fingerprint density at radius 2 is 2.10 bits per heavy atom. The maximum atomic E-state index is 13.1. The van der Waals surface area contributed by atoms with E-state index in [1.807, 2.05) is 6.07 Å². The lowest BCUT2D eigenvalue weighted by atomic mass is 9.99. The molecule has 2 nitrogen and oxygen atoms in total. The predicted octanol–water partition coefficient (Wildman–Crippen LogP) is 3.82. The molecule has 0 bridgehead atoms. The first kappa shape index (κ1) is 13.0. The van der Waals surface area contributed by atoms with E-state index in [2.05, 4.69) is 35.5 Å². The van der Waals surface area contributed by atoms with Crippen molar-refractivity contribution in [2.45, 2.75) is 19.4 Å². The molecular formula is C17H19FN2. The second kappa shape index (κ2) is 5.53. The van der Waals surface area contributed by atoms with E-state index in [-0.39, 0.29) is 5.82 Å². The average Bonchev–Trinajstić information content (AvgIpc) is 2.45. The predicted molar refractivity (Wildman–Crippen MR) is 81.8 cm³/mol. The number of hydrogen-bond donors (Lipinski definition) is 1. The number of rotatable bonds is 3. The average molecular weight is 270 g/mol. The Morgan fingerprint density at radius 1 is 1.20 bits per heavy atom. The number of anilines is 2. The maximum Gasteiger partial charge on any atom is 0.125 e. The molecule has 1 aliphatic rings. The van der Waals surface area contributed by atoms with E-state index >= 15 is 0 Å². The largest absolute Gasteiger partial charge is 0.381 e. The zero-order valence-electron chi connectivity index (χ0n) is 11.7. The summed E-state index contributed by atoms with van der Waals surface area (Å²) in [5.74, 6) is -0.206. The highest BCUT2D eigenvalue weighted by Gasteiger charge is 2.13. The lowest BCUT2D eigenvalue weighted by molar-refractivity contribution is 0.628. The van der Waals surface area contributed by atoms with Crippen LogP contribution in [-0.4, -0.2) is 13.6 Å². The normalized spacial score (nSPS) is 14.0. The Bertz CT molecular complexity index is 610. The van der Waals surface area contributed by atoms with E-state index in [1.54, 1.807) is 6.07 Å². The monoisotopic (exact) mass is 270 g/mol. The second-order valence-corrected chi connectivity index (χ2v) is 5.35. The Balaban J connectivity index is 1.72. The highest BCUT2D eigenvalue weighted by atomic mass is 19.1.